The SMILES string of the molecule is [Pt+2].[c-]1c(Oc2[c-]c(-n3c4ccccc4n4c5ccccc5nc34)cc(-n3c4ccccc4c4ccccc43)c2)cccc1-n1c2ccccc2n2c3ccccc3nc12. The van der Waals surface area contributed by atoms with Gasteiger partial charge < -0.3 is 18.4 Å². The predicted octanol–water partition coefficient (Wildman–Crippen LogP) is 11.7. The average molecular weight is 939 g/mol. The fourth-order valence-electron chi connectivity index (χ4n) is 8.94. The zero-order chi connectivity index (χ0) is 37.9. The number of para-hydroxylation sites is 10. The summed E-state index contributed by atoms with van der Waals surface area (Å²) in [5.74, 6) is 2.71. The number of fused-ring (bicyclic) bond motifs is 13. The van der Waals surface area contributed by atoms with Crippen molar-refractivity contribution < 1.29 is 25.8 Å². The first kappa shape index (κ1) is 33.7. The first-order valence-corrected chi connectivity index (χ1v) is 19.3. The Balaban J connectivity index is 0.00000377. The number of imidazole rings is 4. The molecule has 0 atom stereocenters. The molecule has 0 amide bonds. The van der Waals surface area contributed by atoms with Gasteiger partial charge in [-0.2, -0.15) is 6.07 Å². The van der Waals surface area contributed by atoms with Gasteiger partial charge in [0.1, 0.15) is 0 Å². The molecule has 0 spiro atoms. The van der Waals surface area contributed by atoms with Crippen LogP contribution in [-0.4, -0.2) is 32.5 Å². The summed E-state index contributed by atoms with van der Waals surface area (Å²) < 4.78 is 18.0. The zero-order valence-corrected chi connectivity index (χ0v) is 33.4. The standard InChI is InChI=1S/C50H29N7O.Pt/c1-5-20-41-37(16-1)38-17-2-6-21-42(38)53(41)33-28-34(55-46-25-10-12-27-48(46)57-44-23-8-4-19-40(44)52-50(55)57)31-36(30-33)58-35-15-13-14-32(29-35)54-45-24-9-11-26-47(45)56-43-22-7-3-18-39(43)51-49(54)56;/h1-28,30H;/q-2;+2. The number of nitrogens with zero attached hydrogens (tertiary/aromatic N) is 7. The van der Waals surface area contributed by atoms with Crippen molar-refractivity contribution in [2.45, 2.75) is 0 Å². The first-order valence-electron chi connectivity index (χ1n) is 19.3. The van der Waals surface area contributed by atoms with E-state index in [1.54, 1.807) is 0 Å². The van der Waals surface area contributed by atoms with Gasteiger partial charge in [0, 0.05) is 22.3 Å². The van der Waals surface area contributed by atoms with E-state index in [2.05, 4.69) is 180 Å². The maximum atomic E-state index is 6.88. The van der Waals surface area contributed by atoms with E-state index in [4.69, 9.17) is 14.7 Å². The van der Waals surface area contributed by atoms with Crippen molar-refractivity contribution in [2.24, 2.45) is 0 Å². The smallest absolute Gasteiger partial charge is 0.509 e. The van der Waals surface area contributed by atoms with Crippen LogP contribution in [0.25, 0.3) is 94.6 Å². The average Bonchev–Trinajstić information content (AvgIpc) is 4.06. The van der Waals surface area contributed by atoms with Gasteiger partial charge in [-0.25, -0.2) is 9.97 Å². The third-order valence-electron chi connectivity index (χ3n) is 11.3. The molecule has 8 nitrogen and oxygen atoms in total. The number of benzene rings is 8. The second kappa shape index (κ2) is 12.8. The minimum atomic E-state index is 0. The van der Waals surface area contributed by atoms with E-state index in [0.29, 0.717) is 11.5 Å². The Morgan fingerprint density at radius 3 is 1.41 bits per heavy atom. The van der Waals surface area contributed by atoms with Crippen LogP contribution in [-0.2, 0) is 21.1 Å². The van der Waals surface area contributed by atoms with Gasteiger partial charge in [-0.05, 0) is 60.7 Å². The third-order valence-corrected chi connectivity index (χ3v) is 11.3. The van der Waals surface area contributed by atoms with Crippen LogP contribution in [0.15, 0.2) is 176 Å². The fourth-order valence-corrected chi connectivity index (χ4v) is 8.94. The van der Waals surface area contributed by atoms with E-state index in [9.17, 15) is 0 Å². The maximum Gasteiger partial charge on any atom is 2.00 e. The maximum absolute atomic E-state index is 6.88. The Morgan fingerprint density at radius 2 is 0.831 bits per heavy atom. The minimum Gasteiger partial charge on any atom is -0.509 e. The van der Waals surface area contributed by atoms with E-state index in [1.165, 1.54) is 10.8 Å². The van der Waals surface area contributed by atoms with E-state index >= 15 is 0 Å². The van der Waals surface area contributed by atoms with Crippen LogP contribution >= 0.6 is 0 Å². The van der Waals surface area contributed by atoms with Crippen LogP contribution in [0, 0.1) is 12.1 Å². The quantitative estimate of drug-likeness (QED) is 0.162. The normalized spacial score (nSPS) is 11.9. The molecule has 0 saturated carbocycles. The largest absolute Gasteiger partial charge is 2.00 e. The van der Waals surface area contributed by atoms with Crippen molar-refractivity contribution in [3.63, 3.8) is 0 Å². The molecule has 59 heavy (non-hydrogen) atoms. The number of rotatable bonds is 5. The summed E-state index contributed by atoms with van der Waals surface area (Å²) in [6, 6.07) is 68.0. The second-order valence-corrected chi connectivity index (χ2v) is 14.6. The Morgan fingerprint density at radius 1 is 0.373 bits per heavy atom. The van der Waals surface area contributed by atoms with E-state index in [1.807, 2.05) is 30.3 Å². The summed E-state index contributed by atoms with van der Waals surface area (Å²) in [5, 5.41) is 2.36. The van der Waals surface area contributed by atoms with Crippen LogP contribution in [0.3, 0.4) is 0 Å². The Bertz CT molecular complexity index is 3750. The van der Waals surface area contributed by atoms with Gasteiger partial charge in [-0.15, -0.1) is 36.4 Å². The molecule has 9 heteroatoms. The van der Waals surface area contributed by atoms with Gasteiger partial charge in [0.2, 0.25) is 11.6 Å². The predicted molar refractivity (Wildman–Crippen MR) is 231 cm³/mol. The fraction of sp³-hybridized carbons (Fsp3) is 0. The number of hydrogen-bond donors (Lipinski definition) is 0. The molecule has 0 aliphatic rings. The number of ether oxygens (including phenoxy) is 1. The molecule has 0 aliphatic carbocycles. The summed E-state index contributed by atoms with van der Waals surface area (Å²) in [4.78, 5) is 10.3. The number of aromatic nitrogens is 7. The molecule has 0 aliphatic heterocycles. The molecule has 0 bridgehead atoms. The van der Waals surface area contributed by atoms with E-state index < -0.39 is 0 Å². The summed E-state index contributed by atoms with van der Waals surface area (Å²) >= 11 is 0. The molecule has 8 aromatic carbocycles. The Kier molecular flexibility index (Phi) is 7.31. The minimum absolute atomic E-state index is 0. The van der Waals surface area contributed by atoms with Crippen LogP contribution < -0.4 is 4.74 Å². The molecule has 13 rings (SSSR count). The van der Waals surface area contributed by atoms with Gasteiger partial charge in [0.25, 0.3) is 0 Å². The van der Waals surface area contributed by atoms with Crippen molar-refractivity contribution >= 4 is 77.5 Å². The monoisotopic (exact) mass is 938 g/mol. The summed E-state index contributed by atoms with van der Waals surface area (Å²) in [5.41, 5.74) is 12.9. The van der Waals surface area contributed by atoms with Crippen LogP contribution in [0.4, 0.5) is 0 Å². The van der Waals surface area contributed by atoms with Crippen molar-refractivity contribution in [1.29, 1.82) is 0 Å². The van der Waals surface area contributed by atoms with Gasteiger partial charge in [0.05, 0.1) is 55.2 Å². The Labute approximate surface area is 350 Å². The van der Waals surface area contributed by atoms with Crippen LogP contribution in [0.5, 0.6) is 11.5 Å². The van der Waals surface area contributed by atoms with Gasteiger partial charge in [0.15, 0.2) is 0 Å². The van der Waals surface area contributed by atoms with Crippen LogP contribution in [0.2, 0.25) is 0 Å². The summed E-state index contributed by atoms with van der Waals surface area (Å²) in [6.45, 7) is 0. The molecule has 280 valence electrons. The molecule has 5 heterocycles. The summed E-state index contributed by atoms with van der Waals surface area (Å²) in [6.07, 6.45) is 0. The van der Waals surface area contributed by atoms with Crippen molar-refractivity contribution in [3.05, 3.63) is 188 Å². The molecule has 13 aromatic rings. The number of hydrogen-bond acceptors (Lipinski definition) is 3. The molecule has 5 aromatic heterocycles. The molecular formula is C50H29N7OPt. The van der Waals surface area contributed by atoms with Gasteiger partial charge in [-0.1, -0.05) is 102 Å². The zero-order valence-electron chi connectivity index (χ0n) is 31.1. The van der Waals surface area contributed by atoms with Gasteiger partial charge in [-0.3, -0.25) is 8.80 Å². The van der Waals surface area contributed by atoms with E-state index in [0.717, 1.165) is 83.8 Å². The second-order valence-electron chi connectivity index (χ2n) is 14.6. The topological polar surface area (TPSA) is 58.6 Å². The summed E-state index contributed by atoms with van der Waals surface area (Å²) in [7, 11) is 0. The molecule has 0 N–H and O–H groups in total. The van der Waals surface area contributed by atoms with Crippen molar-refractivity contribution in [2.75, 3.05) is 0 Å². The van der Waals surface area contributed by atoms with Gasteiger partial charge >= 0.3 is 21.1 Å². The molecule has 0 fully saturated rings. The van der Waals surface area contributed by atoms with Crippen molar-refractivity contribution in [3.8, 4) is 28.6 Å². The van der Waals surface area contributed by atoms with Crippen LogP contribution in [0.1, 0.15) is 0 Å². The Hall–Kier alpha value is -7.41. The molecule has 0 saturated heterocycles. The first-order chi connectivity index (χ1) is 28.8. The molecule has 0 radical (unpaired) electrons. The van der Waals surface area contributed by atoms with E-state index in [-0.39, 0.29) is 21.1 Å². The third kappa shape index (κ3) is 4.87. The van der Waals surface area contributed by atoms with Crippen molar-refractivity contribution in [1.82, 2.24) is 32.5 Å². The molecular weight excluding hydrogens is 910 g/mol. The molecule has 0 unspecified atom stereocenters.